The molecule has 1 unspecified atom stereocenters. The molecule has 0 spiro atoms. The number of nitrogens with two attached hydrogens (primary N) is 1. The number of benzene rings is 1. The zero-order valence-corrected chi connectivity index (χ0v) is 8.64. The van der Waals surface area contributed by atoms with Gasteiger partial charge in [-0.15, -0.1) is 0 Å². The van der Waals surface area contributed by atoms with E-state index < -0.39 is 0 Å². The van der Waals surface area contributed by atoms with Crippen LogP contribution in [0, 0.1) is 0 Å². The second-order valence-corrected chi connectivity index (χ2v) is 3.47. The van der Waals surface area contributed by atoms with E-state index in [4.69, 9.17) is 5.73 Å². The average molecular weight is 202 g/mol. The molecule has 1 heterocycles. The lowest BCUT2D eigenvalue weighted by molar-refractivity contribution is 0.809. The van der Waals surface area contributed by atoms with Gasteiger partial charge in [0, 0.05) is 0 Å². The van der Waals surface area contributed by atoms with E-state index in [9.17, 15) is 0 Å². The molecule has 0 aliphatic carbocycles. The molecule has 2 aromatic rings. The molecular weight excluding hydrogens is 188 g/mol. The largest absolute Gasteiger partial charge is 0.319 e. The Bertz CT molecular complexity index is 405. The summed E-state index contributed by atoms with van der Waals surface area (Å²) in [6.45, 7) is 2.13. The minimum Gasteiger partial charge on any atom is -0.319 e. The number of nitrogens with zero attached hydrogens (tertiary/aromatic N) is 2. The summed E-state index contributed by atoms with van der Waals surface area (Å²) in [7, 11) is 0. The molecule has 1 atom stereocenters. The third-order valence-corrected chi connectivity index (χ3v) is 2.50. The van der Waals surface area contributed by atoms with Crippen molar-refractivity contribution in [2.24, 2.45) is 5.73 Å². The van der Waals surface area contributed by atoms with Crippen LogP contribution in [0.2, 0.25) is 0 Å². The molecule has 1 aromatic carbocycles. The van der Waals surface area contributed by atoms with E-state index in [0.717, 1.165) is 17.7 Å². The third-order valence-electron chi connectivity index (χ3n) is 2.50. The highest BCUT2D eigenvalue weighted by molar-refractivity contribution is 5.29. The Morgan fingerprint density at radius 2 is 2.07 bits per heavy atom. The Balaban J connectivity index is 2.22. The fourth-order valence-corrected chi connectivity index (χ4v) is 1.49. The zero-order chi connectivity index (χ0) is 10.7. The van der Waals surface area contributed by atoms with E-state index in [0.29, 0.717) is 0 Å². The van der Waals surface area contributed by atoms with Gasteiger partial charge in [0.25, 0.3) is 0 Å². The summed E-state index contributed by atoms with van der Waals surface area (Å²) in [4.78, 5) is 0. The molecule has 0 amide bonds. The van der Waals surface area contributed by atoms with Crippen molar-refractivity contribution in [2.75, 3.05) is 0 Å². The Hall–Kier alpha value is -1.68. The summed E-state index contributed by atoms with van der Waals surface area (Å²) in [5.74, 6) is 0. The first-order chi connectivity index (χ1) is 7.31. The molecule has 15 heavy (non-hydrogen) atoms. The van der Waals surface area contributed by atoms with Crippen LogP contribution in [0.3, 0.4) is 0 Å². The SMILES string of the molecule is CCc1ccc(C(N)c2cn[nH]n2)cc1. The maximum absolute atomic E-state index is 6.03. The summed E-state index contributed by atoms with van der Waals surface area (Å²) in [6.07, 6.45) is 2.69. The van der Waals surface area contributed by atoms with Crippen LogP contribution in [-0.2, 0) is 6.42 Å². The maximum Gasteiger partial charge on any atom is 0.104 e. The van der Waals surface area contributed by atoms with Gasteiger partial charge in [0.2, 0.25) is 0 Å². The molecule has 0 bridgehead atoms. The number of aryl methyl sites for hydroxylation is 1. The Morgan fingerprint density at radius 1 is 1.33 bits per heavy atom. The van der Waals surface area contributed by atoms with Crippen LogP contribution in [0.5, 0.6) is 0 Å². The Labute approximate surface area is 88.5 Å². The minimum absolute atomic E-state index is 0.199. The second kappa shape index (κ2) is 4.23. The van der Waals surface area contributed by atoms with Gasteiger partial charge in [0.05, 0.1) is 12.2 Å². The van der Waals surface area contributed by atoms with Crippen molar-refractivity contribution in [1.82, 2.24) is 15.4 Å². The van der Waals surface area contributed by atoms with E-state index in [2.05, 4.69) is 34.5 Å². The van der Waals surface area contributed by atoms with E-state index in [1.165, 1.54) is 5.56 Å². The van der Waals surface area contributed by atoms with Gasteiger partial charge in [-0.05, 0) is 17.5 Å². The van der Waals surface area contributed by atoms with Crippen LogP contribution in [0.25, 0.3) is 0 Å². The molecule has 0 saturated carbocycles. The molecule has 0 aliphatic rings. The molecule has 78 valence electrons. The molecule has 3 N–H and O–H groups in total. The van der Waals surface area contributed by atoms with Crippen molar-refractivity contribution in [1.29, 1.82) is 0 Å². The monoisotopic (exact) mass is 202 g/mol. The van der Waals surface area contributed by atoms with Gasteiger partial charge in [-0.3, -0.25) is 0 Å². The smallest absolute Gasteiger partial charge is 0.104 e. The van der Waals surface area contributed by atoms with Gasteiger partial charge in [-0.1, -0.05) is 31.2 Å². The average Bonchev–Trinajstić information content (AvgIpc) is 2.82. The Morgan fingerprint density at radius 3 is 2.60 bits per heavy atom. The highest BCUT2D eigenvalue weighted by Gasteiger charge is 2.10. The van der Waals surface area contributed by atoms with Crippen LogP contribution < -0.4 is 5.73 Å². The molecule has 0 saturated heterocycles. The second-order valence-electron chi connectivity index (χ2n) is 3.47. The van der Waals surface area contributed by atoms with Crippen molar-refractivity contribution in [2.45, 2.75) is 19.4 Å². The van der Waals surface area contributed by atoms with Crippen molar-refractivity contribution >= 4 is 0 Å². The van der Waals surface area contributed by atoms with Gasteiger partial charge >= 0.3 is 0 Å². The number of nitrogens with one attached hydrogen (secondary N) is 1. The molecule has 4 heteroatoms. The van der Waals surface area contributed by atoms with Gasteiger partial charge < -0.3 is 5.73 Å². The first kappa shape index (κ1) is 9.86. The number of rotatable bonds is 3. The van der Waals surface area contributed by atoms with Gasteiger partial charge in [-0.25, -0.2) is 0 Å². The molecule has 0 aliphatic heterocycles. The summed E-state index contributed by atoms with van der Waals surface area (Å²) in [5.41, 5.74) is 9.16. The van der Waals surface area contributed by atoms with Gasteiger partial charge in [-0.2, -0.15) is 15.4 Å². The van der Waals surface area contributed by atoms with Crippen LogP contribution >= 0.6 is 0 Å². The van der Waals surface area contributed by atoms with Crippen LogP contribution in [0.15, 0.2) is 30.5 Å². The van der Waals surface area contributed by atoms with Crippen molar-refractivity contribution in [3.63, 3.8) is 0 Å². The lowest BCUT2D eigenvalue weighted by Gasteiger charge is -2.08. The van der Waals surface area contributed by atoms with Crippen molar-refractivity contribution < 1.29 is 0 Å². The van der Waals surface area contributed by atoms with Crippen LogP contribution in [0.4, 0.5) is 0 Å². The molecule has 2 rings (SSSR count). The fraction of sp³-hybridized carbons (Fsp3) is 0.273. The lowest BCUT2D eigenvalue weighted by atomic mass is 10.0. The number of hydrogen-bond acceptors (Lipinski definition) is 3. The van der Waals surface area contributed by atoms with Crippen LogP contribution in [0.1, 0.15) is 29.8 Å². The van der Waals surface area contributed by atoms with Gasteiger partial charge in [0.15, 0.2) is 0 Å². The maximum atomic E-state index is 6.03. The van der Waals surface area contributed by atoms with E-state index in [1.807, 2.05) is 12.1 Å². The highest BCUT2D eigenvalue weighted by atomic mass is 15.3. The first-order valence-electron chi connectivity index (χ1n) is 5.01. The lowest BCUT2D eigenvalue weighted by Crippen LogP contribution is -2.12. The number of H-pyrrole nitrogens is 1. The summed E-state index contributed by atoms with van der Waals surface area (Å²) in [6, 6.07) is 8.07. The number of hydrogen-bond donors (Lipinski definition) is 2. The van der Waals surface area contributed by atoms with Crippen LogP contribution in [-0.4, -0.2) is 15.4 Å². The molecule has 0 fully saturated rings. The summed E-state index contributed by atoms with van der Waals surface area (Å²) >= 11 is 0. The summed E-state index contributed by atoms with van der Waals surface area (Å²) < 4.78 is 0. The fourth-order valence-electron chi connectivity index (χ4n) is 1.49. The zero-order valence-electron chi connectivity index (χ0n) is 8.64. The predicted molar refractivity (Wildman–Crippen MR) is 58.2 cm³/mol. The topological polar surface area (TPSA) is 67.6 Å². The van der Waals surface area contributed by atoms with E-state index in [1.54, 1.807) is 6.20 Å². The molecular formula is C11H14N4. The third kappa shape index (κ3) is 2.05. The number of aromatic amines is 1. The van der Waals surface area contributed by atoms with Crippen molar-refractivity contribution in [3.8, 4) is 0 Å². The minimum atomic E-state index is -0.199. The van der Waals surface area contributed by atoms with E-state index in [-0.39, 0.29) is 6.04 Å². The van der Waals surface area contributed by atoms with Gasteiger partial charge in [0.1, 0.15) is 5.69 Å². The molecule has 4 nitrogen and oxygen atoms in total. The standard InChI is InChI=1S/C11H14N4/c1-2-8-3-5-9(6-4-8)11(12)10-7-13-15-14-10/h3-7,11H,2,12H2,1H3,(H,13,14,15). The summed E-state index contributed by atoms with van der Waals surface area (Å²) in [5, 5.41) is 10.3. The first-order valence-corrected chi connectivity index (χ1v) is 5.01. The normalized spacial score (nSPS) is 12.7. The van der Waals surface area contributed by atoms with E-state index >= 15 is 0 Å². The highest BCUT2D eigenvalue weighted by Crippen LogP contribution is 2.17. The quantitative estimate of drug-likeness (QED) is 0.790. The predicted octanol–water partition coefficient (Wildman–Crippen LogP) is 1.42. The Kier molecular flexibility index (Phi) is 2.78. The molecule has 0 radical (unpaired) electrons. The number of aromatic nitrogens is 3. The molecule has 1 aromatic heterocycles. The van der Waals surface area contributed by atoms with Crippen molar-refractivity contribution in [3.05, 3.63) is 47.3 Å².